The lowest BCUT2D eigenvalue weighted by Gasteiger charge is -2.14. The molecule has 0 aromatic heterocycles. The number of nitrogens with zero attached hydrogens (tertiary/aromatic N) is 1. The predicted octanol–water partition coefficient (Wildman–Crippen LogP) is 2.73. The van der Waals surface area contributed by atoms with E-state index in [9.17, 15) is 4.79 Å². The van der Waals surface area contributed by atoms with Crippen LogP contribution in [0.1, 0.15) is 36.5 Å². The fourth-order valence-electron chi connectivity index (χ4n) is 2.39. The molecule has 0 unspecified atom stereocenters. The molecule has 110 valence electrons. The Bertz CT molecular complexity index is 410. The molecule has 4 nitrogen and oxygen atoms in total. The van der Waals surface area contributed by atoms with E-state index >= 15 is 0 Å². The van der Waals surface area contributed by atoms with Crippen molar-refractivity contribution in [3.63, 3.8) is 0 Å². The summed E-state index contributed by atoms with van der Waals surface area (Å²) in [5.41, 5.74) is 0.566. The molecule has 0 radical (unpaired) electrons. The van der Waals surface area contributed by atoms with Gasteiger partial charge >= 0.3 is 5.97 Å². The first-order valence-corrected chi connectivity index (χ1v) is 7.42. The van der Waals surface area contributed by atoms with Crippen LogP contribution in [0.15, 0.2) is 24.3 Å². The average Bonchev–Trinajstić information content (AvgIpc) is 2.98. The van der Waals surface area contributed by atoms with E-state index in [1.165, 1.54) is 25.9 Å². The summed E-state index contributed by atoms with van der Waals surface area (Å²) in [7, 11) is 0. The number of likely N-dealkylation sites (tertiary alicyclic amines) is 1. The van der Waals surface area contributed by atoms with Gasteiger partial charge in [-0.2, -0.15) is 0 Å². The number of hydrogen-bond donors (Lipinski definition) is 0. The molecule has 1 heterocycles. The molecule has 0 N–H and O–H groups in total. The van der Waals surface area contributed by atoms with Crippen LogP contribution in [-0.2, 0) is 4.74 Å². The highest BCUT2D eigenvalue weighted by atomic mass is 16.5. The van der Waals surface area contributed by atoms with Crippen molar-refractivity contribution in [3.05, 3.63) is 29.8 Å². The van der Waals surface area contributed by atoms with E-state index in [1.807, 2.05) is 12.1 Å². The van der Waals surface area contributed by atoms with Gasteiger partial charge in [0.05, 0.1) is 18.8 Å². The molecule has 0 spiro atoms. The Morgan fingerprint density at radius 3 is 2.55 bits per heavy atom. The molecule has 0 atom stereocenters. The molecule has 1 saturated heterocycles. The van der Waals surface area contributed by atoms with E-state index in [1.54, 1.807) is 19.1 Å². The van der Waals surface area contributed by atoms with Crippen LogP contribution in [-0.4, -0.2) is 43.7 Å². The topological polar surface area (TPSA) is 38.8 Å². The van der Waals surface area contributed by atoms with E-state index < -0.39 is 0 Å². The minimum atomic E-state index is -0.284. The van der Waals surface area contributed by atoms with Crippen molar-refractivity contribution in [2.75, 3.05) is 32.8 Å². The average molecular weight is 277 g/mol. The highest BCUT2D eigenvalue weighted by Gasteiger charge is 2.10. The summed E-state index contributed by atoms with van der Waals surface area (Å²) in [6, 6.07) is 7.13. The largest absolute Gasteiger partial charge is 0.494 e. The number of hydrogen-bond acceptors (Lipinski definition) is 4. The summed E-state index contributed by atoms with van der Waals surface area (Å²) in [6.45, 7) is 6.49. The molecule has 1 aliphatic heterocycles. The highest BCUT2D eigenvalue weighted by molar-refractivity contribution is 5.89. The summed E-state index contributed by atoms with van der Waals surface area (Å²) >= 11 is 0. The molecule has 0 aliphatic carbocycles. The van der Waals surface area contributed by atoms with Gasteiger partial charge in [0.25, 0.3) is 0 Å². The Labute approximate surface area is 120 Å². The Morgan fingerprint density at radius 2 is 1.90 bits per heavy atom. The second-order valence-electron chi connectivity index (χ2n) is 5.00. The molecule has 4 heteroatoms. The summed E-state index contributed by atoms with van der Waals surface area (Å²) in [5, 5.41) is 0. The number of benzene rings is 1. The molecular weight excluding hydrogens is 254 g/mol. The van der Waals surface area contributed by atoms with E-state index in [0.29, 0.717) is 12.2 Å². The van der Waals surface area contributed by atoms with Crippen LogP contribution in [0.3, 0.4) is 0 Å². The number of esters is 1. The zero-order valence-electron chi connectivity index (χ0n) is 12.1. The van der Waals surface area contributed by atoms with E-state index in [-0.39, 0.29) is 5.97 Å². The Balaban J connectivity index is 1.69. The molecule has 1 aromatic rings. The lowest BCUT2D eigenvalue weighted by Crippen LogP contribution is -2.21. The molecule has 20 heavy (non-hydrogen) atoms. The second-order valence-corrected chi connectivity index (χ2v) is 5.00. The molecule has 1 aromatic carbocycles. The van der Waals surface area contributed by atoms with Crippen molar-refractivity contribution in [2.45, 2.75) is 26.2 Å². The normalized spacial score (nSPS) is 15.2. The first-order chi connectivity index (χ1) is 9.79. The smallest absolute Gasteiger partial charge is 0.338 e. The fourth-order valence-corrected chi connectivity index (χ4v) is 2.39. The summed E-state index contributed by atoms with van der Waals surface area (Å²) in [4.78, 5) is 14.0. The summed E-state index contributed by atoms with van der Waals surface area (Å²) in [5.74, 6) is 0.521. The Kier molecular flexibility index (Phi) is 5.87. The summed E-state index contributed by atoms with van der Waals surface area (Å²) < 4.78 is 10.6. The van der Waals surface area contributed by atoms with Gasteiger partial charge in [-0.1, -0.05) is 0 Å². The third-order valence-corrected chi connectivity index (χ3v) is 3.45. The lowest BCUT2D eigenvalue weighted by atomic mass is 10.2. The third kappa shape index (κ3) is 4.53. The van der Waals surface area contributed by atoms with Crippen LogP contribution in [0, 0.1) is 0 Å². The number of ether oxygens (including phenoxy) is 2. The van der Waals surface area contributed by atoms with Gasteiger partial charge in [-0.3, -0.25) is 0 Å². The maximum Gasteiger partial charge on any atom is 0.338 e. The van der Waals surface area contributed by atoms with Crippen molar-refractivity contribution < 1.29 is 14.3 Å². The molecule has 0 saturated carbocycles. The minimum absolute atomic E-state index is 0.284. The molecule has 0 amide bonds. The van der Waals surface area contributed by atoms with Gasteiger partial charge in [-0.25, -0.2) is 4.79 Å². The molecule has 1 aliphatic rings. The fraction of sp³-hybridized carbons (Fsp3) is 0.562. The van der Waals surface area contributed by atoms with E-state index in [2.05, 4.69) is 4.90 Å². The van der Waals surface area contributed by atoms with Crippen LogP contribution >= 0.6 is 0 Å². The zero-order chi connectivity index (χ0) is 14.2. The van der Waals surface area contributed by atoms with Crippen LogP contribution in [0.2, 0.25) is 0 Å². The van der Waals surface area contributed by atoms with Crippen molar-refractivity contribution in [2.24, 2.45) is 0 Å². The van der Waals surface area contributed by atoms with Crippen LogP contribution in [0.25, 0.3) is 0 Å². The Morgan fingerprint density at radius 1 is 1.20 bits per heavy atom. The number of carbonyl (C=O) groups excluding carboxylic acids is 1. The molecule has 0 bridgehead atoms. The maximum absolute atomic E-state index is 11.5. The van der Waals surface area contributed by atoms with E-state index in [4.69, 9.17) is 9.47 Å². The molecule has 2 rings (SSSR count). The van der Waals surface area contributed by atoms with Gasteiger partial charge in [0.15, 0.2) is 0 Å². The van der Waals surface area contributed by atoms with E-state index in [0.717, 1.165) is 25.3 Å². The number of carbonyl (C=O) groups is 1. The van der Waals surface area contributed by atoms with Crippen molar-refractivity contribution in [1.82, 2.24) is 4.90 Å². The maximum atomic E-state index is 11.5. The van der Waals surface area contributed by atoms with Crippen molar-refractivity contribution >= 4 is 5.97 Å². The van der Waals surface area contributed by atoms with Gasteiger partial charge < -0.3 is 14.4 Å². The first kappa shape index (κ1) is 14.9. The quantitative estimate of drug-likeness (QED) is 0.567. The first-order valence-electron chi connectivity index (χ1n) is 7.42. The van der Waals surface area contributed by atoms with Gasteiger partial charge in [-0.05, 0) is 63.5 Å². The van der Waals surface area contributed by atoms with Crippen LogP contribution in [0.5, 0.6) is 5.75 Å². The third-order valence-electron chi connectivity index (χ3n) is 3.45. The monoisotopic (exact) mass is 277 g/mol. The van der Waals surface area contributed by atoms with Crippen LogP contribution < -0.4 is 4.74 Å². The summed E-state index contributed by atoms with van der Waals surface area (Å²) in [6.07, 6.45) is 3.70. The van der Waals surface area contributed by atoms with Crippen molar-refractivity contribution in [3.8, 4) is 5.75 Å². The highest BCUT2D eigenvalue weighted by Crippen LogP contribution is 2.14. The van der Waals surface area contributed by atoms with Gasteiger partial charge in [0, 0.05) is 6.54 Å². The van der Waals surface area contributed by atoms with Gasteiger partial charge in [0.2, 0.25) is 0 Å². The Hall–Kier alpha value is -1.55. The molecule has 1 fully saturated rings. The minimum Gasteiger partial charge on any atom is -0.494 e. The van der Waals surface area contributed by atoms with Gasteiger partial charge in [0.1, 0.15) is 5.75 Å². The predicted molar refractivity (Wildman–Crippen MR) is 78.2 cm³/mol. The van der Waals surface area contributed by atoms with Crippen molar-refractivity contribution in [1.29, 1.82) is 0 Å². The second kappa shape index (κ2) is 7.90. The SMILES string of the molecule is CCOC(=O)c1ccc(OCCCN2CCCC2)cc1. The van der Waals surface area contributed by atoms with Gasteiger partial charge in [-0.15, -0.1) is 0 Å². The van der Waals surface area contributed by atoms with Crippen LogP contribution in [0.4, 0.5) is 0 Å². The zero-order valence-corrected chi connectivity index (χ0v) is 12.1. The standard InChI is InChI=1S/C16H23NO3/c1-2-19-16(18)14-6-8-15(9-7-14)20-13-5-12-17-10-3-4-11-17/h6-9H,2-5,10-13H2,1H3. The lowest BCUT2D eigenvalue weighted by molar-refractivity contribution is 0.0526. The molecular formula is C16H23NO3. The number of rotatable bonds is 7.